The molecule has 0 aromatic heterocycles. The first-order valence-electron chi connectivity index (χ1n) is 10.2. The molecule has 0 unspecified atom stereocenters. The van der Waals surface area contributed by atoms with Crippen molar-refractivity contribution in [3.05, 3.63) is 28.8 Å². The first-order chi connectivity index (χ1) is 13.1. The summed E-state index contributed by atoms with van der Waals surface area (Å²) >= 11 is 6.18. The fourth-order valence-corrected chi connectivity index (χ4v) is 5.46. The van der Waals surface area contributed by atoms with Gasteiger partial charge in [-0.15, -0.1) is 0 Å². The minimum absolute atomic E-state index is 0.0179. The minimum atomic E-state index is -0.425. The molecule has 4 rings (SSSR count). The molecule has 2 heterocycles. The summed E-state index contributed by atoms with van der Waals surface area (Å²) in [5.74, 6) is 0.00746. The molecule has 1 aliphatic carbocycles. The maximum Gasteiger partial charge on any atom is 0.236 e. The third kappa shape index (κ3) is 2.86. The molecule has 3 fully saturated rings. The highest BCUT2D eigenvalue weighted by atomic mass is 35.5. The lowest BCUT2D eigenvalue weighted by atomic mass is 9.62. The number of hydrogen-bond donors (Lipinski definition) is 0. The molecule has 2 saturated heterocycles. The fourth-order valence-electron chi connectivity index (χ4n) is 5.29. The molecule has 2 bridgehead atoms. The Morgan fingerprint density at radius 2 is 1.79 bits per heavy atom. The van der Waals surface area contributed by atoms with E-state index in [1.165, 1.54) is 11.3 Å². The lowest BCUT2D eigenvalue weighted by Gasteiger charge is -2.49. The second kappa shape index (κ2) is 6.74. The number of rotatable bonds is 3. The Kier molecular flexibility index (Phi) is 4.74. The summed E-state index contributed by atoms with van der Waals surface area (Å²) in [6, 6.07) is 5.98. The zero-order valence-electron chi connectivity index (χ0n) is 17.3. The Balaban J connectivity index is 1.44. The highest BCUT2D eigenvalue weighted by molar-refractivity contribution is 6.30. The van der Waals surface area contributed by atoms with Crippen molar-refractivity contribution < 1.29 is 9.59 Å². The van der Waals surface area contributed by atoms with Crippen LogP contribution in [-0.2, 0) is 9.59 Å². The number of nitrogens with zero attached hydrogens (tertiary/aromatic N) is 3. The number of amides is 2. The third-order valence-corrected chi connectivity index (χ3v) is 7.97. The van der Waals surface area contributed by atoms with E-state index in [4.69, 9.17) is 11.6 Å². The first kappa shape index (κ1) is 19.7. The van der Waals surface area contributed by atoms with E-state index in [-0.39, 0.29) is 23.1 Å². The Labute approximate surface area is 172 Å². The average Bonchev–Trinajstić information content (AvgIpc) is 2.85. The van der Waals surface area contributed by atoms with E-state index < -0.39 is 5.41 Å². The predicted octanol–water partition coefficient (Wildman–Crippen LogP) is 3.54. The van der Waals surface area contributed by atoms with E-state index in [0.717, 1.165) is 44.0 Å². The van der Waals surface area contributed by atoms with Crippen molar-refractivity contribution in [2.45, 2.75) is 40.5 Å². The summed E-state index contributed by atoms with van der Waals surface area (Å²) in [4.78, 5) is 32.4. The molecule has 28 heavy (non-hydrogen) atoms. The second-order valence-corrected chi connectivity index (χ2v) is 9.83. The van der Waals surface area contributed by atoms with E-state index in [1.54, 1.807) is 4.90 Å². The van der Waals surface area contributed by atoms with Crippen LogP contribution in [0, 0.1) is 23.7 Å². The quantitative estimate of drug-likeness (QED) is 0.724. The number of piperazine rings is 1. The first-order valence-corrected chi connectivity index (χ1v) is 10.6. The smallest absolute Gasteiger partial charge is 0.236 e. The number of hydrogen-bond acceptors (Lipinski definition) is 4. The number of carbonyl (C=O) groups is 2. The normalized spacial score (nSPS) is 30.2. The maximum atomic E-state index is 13.2. The van der Waals surface area contributed by atoms with Crippen molar-refractivity contribution in [1.29, 1.82) is 0 Å². The highest BCUT2D eigenvalue weighted by Crippen LogP contribution is 2.60. The van der Waals surface area contributed by atoms with Gasteiger partial charge < -0.3 is 4.90 Å². The summed E-state index contributed by atoms with van der Waals surface area (Å²) < 4.78 is 0. The van der Waals surface area contributed by atoms with Crippen molar-refractivity contribution in [1.82, 2.24) is 9.80 Å². The van der Waals surface area contributed by atoms with E-state index in [0.29, 0.717) is 6.67 Å². The number of imide groups is 1. The Morgan fingerprint density at radius 1 is 1.11 bits per heavy atom. The molecule has 2 aliphatic heterocycles. The Hall–Kier alpha value is -1.59. The standard InChI is InChI=1S/C22H30ClN3O2/c1-15-5-6-16(23)13-18(15)25-11-9-24(10-12-25)14-26-19(27)17-7-8-22(4,20(26)28)21(17,2)3/h5-6,13,17H,7-12,14H2,1-4H3/t17-,22-/m1/s1. The number of piperidine rings is 1. The molecule has 1 aromatic carbocycles. The molecule has 2 amide bonds. The molecular formula is C22H30ClN3O2. The molecule has 1 aromatic rings. The van der Waals surface area contributed by atoms with Crippen LogP contribution >= 0.6 is 11.6 Å². The largest absolute Gasteiger partial charge is 0.369 e. The Morgan fingerprint density at radius 3 is 2.46 bits per heavy atom. The Bertz CT molecular complexity index is 816. The van der Waals surface area contributed by atoms with Crippen LogP contribution in [0.5, 0.6) is 0 Å². The molecule has 152 valence electrons. The van der Waals surface area contributed by atoms with Crippen molar-refractivity contribution in [3.8, 4) is 0 Å². The van der Waals surface area contributed by atoms with E-state index in [9.17, 15) is 9.59 Å². The van der Waals surface area contributed by atoms with Crippen molar-refractivity contribution in [3.63, 3.8) is 0 Å². The molecule has 2 atom stereocenters. The molecule has 5 nitrogen and oxygen atoms in total. The van der Waals surface area contributed by atoms with Crippen LogP contribution < -0.4 is 4.90 Å². The molecule has 3 aliphatic rings. The van der Waals surface area contributed by atoms with Crippen LogP contribution in [0.4, 0.5) is 5.69 Å². The number of carbonyl (C=O) groups excluding carboxylic acids is 2. The summed E-state index contributed by atoms with van der Waals surface area (Å²) in [5, 5.41) is 0.749. The van der Waals surface area contributed by atoms with E-state index in [1.807, 2.05) is 18.2 Å². The van der Waals surface area contributed by atoms with E-state index in [2.05, 4.69) is 37.5 Å². The van der Waals surface area contributed by atoms with Gasteiger partial charge in [-0.3, -0.25) is 19.4 Å². The van der Waals surface area contributed by atoms with Gasteiger partial charge in [-0.05, 0) is 42.9 Å². The van der Waals surface area contributed by atoms with Gasteiger partial charge in [0.25, 0.3) is 0 Å². The highest BCUT2D eigenvalue weighted by Gasteiger charge is 2.64. The van der Waals surface area contributed by atoms with Crippen LogP contribution in [0.3, 0.4) is 0 Å². The number of halogens is 1. The number of aryl methyl sites for hydroxylation is 1. The van der Waals surface area contributed by atoms with Gasteiger partial charge >= 0.3 is 0 Å². The third-order valence-electron chi connectivity index (χ3n) is 7.73. The van der Waals surface area contributed by atoms with Crippen LogP contribution in [0.15, 0.2) is 18.2 Å². The van der Waals surface area contributed by atoms with Crippen LogP contribution in [0.2, 0.25) is 5.02 Å². The van der Waals surface area contributed by atoms with Crippen LogP contribution in [0.25, 0.3) is 0 Å². The van der Waals surface area contributed by atoms with Crippen molar-refractivity contribution in [2.24, 2.45) is 16.7 Å². The molecular weight excluding hydrogens is 374 g/mol. The topological polar surface area (TPSA) is 43.9 Å². The number of benzene rings is 1. The molecule has 0 spiro atoms. The second-order valence-electron chi connectivity index (χ2n) is 9.39. The van der Waals surface area contributed by atoms with E-state index >= 15 is 0 Å². The monoisotopic (exact) mass is 403 g/mol. The molecule has 1 saturated carbocycles. The summed E-state index contributed by atoms with van der Waals surface area (Å²) in [6.45, 7) is 12.1. The summed E-state index contributed by atoms with van der Waals surface area (Å²) in [6.07, 6.45) is 1.64. The van der Waals surface area contributed by atoms with Gasteiger partial charge in [-0.1, -0.05) is 38.4 Å². The number of likely N-dealkylation sites (tertiary alicyclic amines) is 1. The van der Waals surface area contributed by atoms with Crippen LogP contribution in [-0.4, -0.2) is 54.5 Å². The fraction of sp³-hybridized carbons (Fsp3) is 0.636. The molecule has 0 N–H and O–H groups in total. The van der Waals surface area contributed by atoms with Crippen molar-refractivity contribution >= 4 is 29.1 Å². The number of anilines is 1. The van der Waals surface area contributed by atoms with Gasteiger partial charge in [-0.2, -0.15) is 0 Å². The summed E-state index contributed by atoms with van der Waals surface area (Å²) in [5.41, 5.74) is 1.71. The predicted molar refractivity (Wildman–Crippen MR) is 111 cm³/mol. The zero-order chi connectivity index (χ0) is 20.3. The average molecular weight is 404 g/mol. The van der Waals surface area contributed by atoms with Crippen molar-refractivity contribution in [2.75, 3.05) is 37.7 Å². The lowest BCUT2D eigenvalue weighted by Crippen LogP contribution is -2.62. The maximum absolute atomic E-state index is 13.2. The SMILES string of the molecule is Cc1ccc(Cl)cc1N1CCN(CN2C(=O)[C@H]3CC[C@](C)(C2=O)C3(C)C)CC1. The zero-order valence-corrected chi connectivity index (χ0v) is 18.1. The molecule has 0 radical (unpaired) electrons. The van der Waals surface area contributed by atoms with Gasteiger partial charge in [0.05, 0.1) is 12.1 Å². The summed E-state index contributed by atoms with van der Waals surface area (Å²) in [7, 11) is 0. The van der Waals surface area contributed by atoms with Gasteiger partial charge in [0.2, 0.25) is 11.8 Å². The minimum Gasteiger partial charge on any atom is -0.369 e. The molecule has 6 heteroatoms. The van der Waals surface area contributed by atoms with Gasteiger partial charge in [-0.25, -0.2) is 0 Å². The van der Waals surface area contributed by atoms with Gasteiger partial charge in [0, 0.05) is 42.8 Å². The number of fused-ring (bicyclic) bond motifs is 2. The van der Waals surface area contributed by atoms with Crippen LogP contribution in [0.1, 0.15) is 39.2 Å². The lowest BCUT2D eigenvalue weighted by molar-refractivity contribution is -0.170. The van der Waals surface area contributed by atoms with Gasteiger partial charge in [0.15, 0.2) is 0 Å². The van der Waals surface area contributed by atoms with Gasteiger partial charge in [0.1, 0.15) is 0 Å².